The Kier molecular flexibility index (Phi) is 4.77. The van der Waals surface area contributed by atoms with Crippen molar-refractivity contribution < 1.29 is 0 Å². The first-order chi connectivity index (χ1) is 8.72. The second-order valence-electron chi connectivity index (χ2n) is 3.85. The van der Waals surface area contributed by atoms with Crippen LogP contribution in [-0.4, -0.2) is 9.97 Å². The Morgan fingerprint density at radius 1 is 1.28 bits per heavy atom. The van der Waals surface area contributed by atoms with Crippen LogP contribution in [0, 0.1) is 3.57 Å². The monoisotopic (exact) mass is 373 g/mol. The van der Waals surface area contributed by atoms with Crippen LogP contribution in [0.25, 0.3) is 0 Å². The molecule has 0 aliphatic rings. The van der Waals surface area contributed by atoms with Crippen LogP contribution in [-0.2, 0) is 6.42 Å². The maximum absolute atomic E-state index is 6.12. The molecule has 0 radical (unpaired) electrons. The molecule has 1 N–H and O–H groups in total. The van der Waals surface area contributed by atoms with E-state index in [0.29, 0.717) is 5.15 Å². The van der Waals surface area contributed by atoms with Crippen LogP contribution in [0.4, 0.5) is 11.5 Å². The van der Waals surface area contributed by atoms with Gasteiger partial charge in [0, 0.05) is 9.13 Å². The third-order valence-corrected chi connectivity index (χ3v) is 3.79. The lowest BCUT2D eigenvalue weighted by Gasteiger charge is -2.12. The molecule has 0 unspecified atom stereocenters. The molecule has 5 heteroatoms. The predicted octanol–water partition coefficient (Wildman–Crippen LogP) is 4.43. The van der Waals surface area contributed by atoms with E-state index in [1.165, 1.54) is 6.33 Å². The predicted molar refractivity (Wildman–Crippen MR) is 83.5 cm³/mol. The zero-order valence-corrected chi connectivity index (χ0v) is 12.9. The Morgan fingerprint density at radius 2 is 2.06 bits per heavy atom. The summed E-state index contributed by atoms with van der Waals surface area (Å²) < 4.78 is 1.15. The van der Waals surface area contributed by atoms with Gasteiger partial charge in [0.05, 0.1) is 5.69 Å². The first kappa shape index (κ1) is 13.5. The molecule has 1 aromatic carbocycles. The van der Waals surface area contributed by atoms with E-state index < -0.39 is 0 Å². The number of hydrogen-bond donors (Lipinski definition) is 1. The Morgan fingerprint density at radius 3 is 2.78 bits per heavy atom. The van der Waals surface area contributed by atoms with E-state index in [0.717, 1.165) is 33.5 Å². The Labute approximate surface area is 125 Å². The van der Waals surface area contributed by atoms with E-state index in [2.05, 4.69) is 44.8 Å². The minimum Gasteiger partial charge on any atom is -0.339 e. The molecule has 0 fully saturated rings. The fraction of sp³-hybridized carbons (Fsp3) is 0.231. The maximum atomic E-state index is 6.12. The minimum absolute atomic E-state index is 0.528. The van der Waals surface area contributed by atoms with Gasteiger partial charge in [0.2, 0.25) is 0 Å². The lowest BCUT2D eigenvalue weighted by atomic mass is 10.2. The molecule has 0 bridgehead atoms. The van der Waals surface area contributed by atoms with Gasteiger partial charge >= 0.3 is 0 Å². The highest BCUT2D eigenvalue weighted by Crippen LogP contribution is 2.26. The van der Waals surface area contributed by atoms with Crippen LogP contribution in [0.5, 0.6) is 0 Å². The summed E-state index contributed by atoms with van der Waals surface area (Å²) in [4.78, 5) is 8.32. The van der Waals surface area contributed by atoms with Crippen LogP contribution in [0.1, 0.15) is 18.9 Å². The summed E-state index contributed by atoms with van der Waals surface area (Å²) in [5, 5.41) is 3.85. The topological polar surface area (TPSA) is 37.8 Å². The highest BCUT2D eigenvalue weighted by Gasteiger charge is 2.10. The number of halogens is 2. The zero-order chi connectivity index (χ0) is 13.0. The average molecular weight is 374 g/mol. The molecule has 3 nitrogen and oxygen atoms in total. The number of para-hydroxylation sites is 1. The van der Waals surface area contributed by atoms with Crippen LogP contribution in [0.15, 0.2) is 30.6 Å². The molecule has 0 saturated heterocycles. The SMILES string of the molecule is CCCc1c(Cl)ncnc1Nc1ccccc1I. The van der Waals surface area contributed by atoms with Gasteiger partial charge in [-0.05, 0) is 41.1 Å². The van der Waals surface area contributed by atoms with Crippen LogP contribution in [0.3, 0.4) is 0 Å². The third-order valence-electron chi connectivity index (χ3n) is 2.52. The van der Waals surface area contributed by atoms with Crippen LogP contribution < -0.4 is 5.32 Å². The number of benzene rings is 1. The van der Waals surface area contributed by atoms with Crippen molar-refractivity contribution in [2.24, 2.45) is 0 Å². The Hall–Kier alpha value is -0.880. The van der Waals surface area contributed by atoms with Crippen molar-refractivity contribution in [2.45, 2.75) is 19.8 Å². The second kappa shape index (κ2) is 6.33. The summed E-state index contributed by atoms with van der Waals surface area (Å²) in [5.41, 5.74) is 2.01. The van der Waals surface area contributed by atoms with E-state index in [1.807, 2.05) is 24.3 Å². The van der Waals surface area contributed by atoms with E-state index >= 15 is 0 Å². The molecule has 0 spiro atoms. The molecule has 18 heavy (non-hydrogen) atoms. The van der Waals surface area contributed by atoms with Gasteiger partial charge in [-0.1, -0.05) is 37.1 Å². The number of hydrogen-bond acceptors (Lipinski definition) is 3. The number of rotatable bonds is 4. The fourth-order valence-electron chi connectivity index (χ4n) is 1.66. The number of nitrogens with zero attached hydrogens (tertiary/aromatic N) is 2. The molecule has 1 aromatic heterocycles. The molecule has 0 aliphatic heterocycles. The molecular weight excluding hydrogens is 361 g/mol. The zero-order valence-electron chi connectivity index (χ0n) is 9.95. The van der Waals surface area contributed by atoms with Crippen molar-refractivity contribution in [3.05, 3.63) is 44.9 Å². The van der Waals surface area contributed by atoms with Crippen LogP contribution in [0.2, 0.25) is 5.15 Å². The van der Waals surface area contributed by atoms with E-state index in [-0.39, 0.29) is 0 Å². The summed E-state index contributed by atoms with van der Waals surface area (Å²) in [5.74, 6) is 0.793. The average Bonchev–Trinajstić information content (AvgIpc) is 2.36. The molecule has 0 atom stereocenters. The lowest BCUT2D eigenvalue weighted by molar-refractivity contribution is 0.904. The summed E-state index contributed by atoms with van der Waals surface area (Å²) >= 11 is 8.41. The van der Waals surface area contributed by atoms with Gasteiger partial charge in [0.1, 0.15) is 17.3 Å². The van der Waals surface area contributed by atoms with Gasteiger partial charge in [-0.2, -0.15) is 0 Å². The summed E-state index contributed by atoms with van der Waals surface area (Å²) in [6.45, 7) is 2.11. The number of anilines is 2. The summed E-state index contributed by atoms with van der Waals surface area (Å²) in [7, 11) is 0. The molecule has 94 valence electrons. The van der Waals surface area contributed by atoms with Crippen molar-refractivity contribution in [2.75, 3.05) is 5.32 Å². The lowest BCUT2D eigenvalue weighted by Crippen LogP contribution is -2.02. The highest BCUT2D eigenvalue weighted by atomic mass is 127. The van der Waals surface area contributed by atoms with Crippen molar-refractivity contribution in [3.63, 3.8) is 0 Å². The third kappa shape index (κ3) is 3.11. The largest absolute Gasteiger partial charge is 0.339 e. The molecule has 2 aromatic rings. The smallest absolute Gasteiger partial charge is 0.138 e. The number of aromatic nitrogens is 2. The maximum Gasteiger partial charge on any atom is 0.138 e. The standard InChI is InChI=1S/C13H13ClIN3/c1-2-5-9-12(14)16-8-17-13(9)18-11-7-4-3-6-10(11)15/h3-4,6-8H,2,5H2,1H3,(H,16,17,18). The van der Waals surface area contributed by atoms with Gasteiger partial charge < -0.3 is 5.32 Å². The van der Waals surface area contributed by atoms with Gasteiger partial charge in [-0.3, -0.25) is 0 Å². The Bertz CT molecular complexity index is 546. The molecule has 2 rings (SSSR count). The van der Waals surface area contributed by atoms with Gasteiger partial charge in [0.15, 0.2) is 0 Å². The van der Waals surface area contributed by atoms with E-state index in [4.69, 9.17) is 11.6 Å². The second-order valence-corrected chi connectivity index (χ2v) is 5.37. The van der Waals surface area contributed by atoms with Crippen molar-refractivity contribution in [3.8, 4) is 0 Å². The first-order valence-corrected chi connectivity index (χ1v) is 7.19. The summed E-state index contributed by atoms with van der Waals surface area (Å²) in [6, 6.07) is 8.07. The molecule has 0 amide bonds. The molecule has 1 heterocycles. The van der Waals surface area contributed by atoms with Gasteiger partial charge in [0.25, 0.3) is 0 Å². The Balaban J connectivity index is 2.34. The van der Waals surface area contributed by atoms with Crippen LogP contribution >= 0.6 is 34.2 Å². The summed E-state index contributed by atoms with van der Waals surface area (Å²) in [6.07, 6.45) is 3.36. The quantitative estimate of drug-likeness (QED) is 0.636. The number of nitrogens with one attached hydrogen (secondary N) is 1. The molecule has 0 saturated carbocycles. The molecule has 0 aliphatic carbocycles. The van der Waals surface area contributed by atoms with E-state index in [1.54, 1.807) is 0 Å². The highest BCUT2D eigenvalue weighted by molar-refractivity contribution is 14.1. The van der Waals surface area contributed by atoms with Crippen molar-refractivity contribution >= 4 is 45.7 Å². The van der Waals surface area contributed by atoms with Crippen molar-refractivity contribution in [1.29, 1.82) is 0 Å². The first-order valence-electron chi connectivity index (χ1n) is 5.73. The molecular formula is C13H13ClIN3. The van der Waals surface area contributed by atoms with Gasteiger partial charge in [-0.25, -0.2) is 9.97 Å². The minimum atomic E-state index is 0.528. The normalized spacial score (nSPS) is 10.4. The fourth-order valence-corrected chi connectivity index (χ4v) is 2.41. The van der Waals surface area contributed by atoms with E-state index in [9.17, 15) is 0 Å². The van der Waals surface area contributed by atoms with Gasteiger partial charge in [-0.15, -0.1) is 0 Å². The van der Waals surface area contributed by atoms with Crippen molar-refractivity contribution in [1.82, 2.24) is 9.97 Å².